The van der Waals surface area contributed by atoms with Gasteiger partial charge in [0.25, 0.3) is 0 Å². The quantitative estimate of drug-likeness (QED) is 0.592. The number of nitrogens with zero attached hydrogens (tertiary/aromatic N) is 1. The fourth-order valence-electron chi connectivity index (χ4n) is 1.15. The lowest BCUT2D eigenvalue weighted by Crippen LogP contribution is -2.23. The number of hydrogen-bond acceptors (Lipinski definition) is 1. The molecule has 0 radical (unpaired) electrons. The SMILES string of the molecule is CCCN=C(N)Nc1cccc(F)c1C. The zero-order valence-corrected chi connectivity index (χ0v) is 9.05. The second kappa shape index (κ2) is 5.34. The van der Waals surface area contributed by atoms with E-state index in [1.54, 1.807) is 19.1 Å². The molecule has 0 aliphatic carbocycles. The monoisotopic (exact) mass is 209 g/mol. The molecule has 0 amide bonds. The Morgan fingerprint density at radius 3 is 2.93 bits per heavy atom. The van der Waals surface area contributed by atoms with Crippen LogP contribution in [0.3, 0.4) is 0 Å². The number of halogens is 1. The van der Waals surface area contributed by atoms with Gasteiger partial charge in [-0.25, -0.2) is 4.39 Å². The van der Waals surface area contributed by atoms with Crippen LogP contribution in [0.5, 0.6) is 0 Å². The lowest BCUT2D eigenvalue weighted by molar-refractivity contribution is 0.619. The number of nitrogens with two attached hydrogens (primary N) is 1. The number of anilines is 1. The third-order valence-corrected chi connectivity index (χ3v) is 2.04. The molecule has 0 aliphatic rings. The van der Waals surface area contributed by atoms with E-state index in [-0.39, 0.29) is 5.82 Å². The summed E-state index contributed by atoms with van der Waals surface area (Å²) >= 11 is 0. The molecule has 0 saturated heterocycles. The molecular weight excluding hydrogens is 193 g/mol. The number of aliphatic imine (C=N–C) groups is 1. The first kappa shape index (κ1) is 11.5. The van der Waals surface area contributed by atoms with Gasteiger partial charge in [0.05, 0.1) is 0 Å². The normalized spacial score (nSPS) is 11.5. The zero-order chi connectivity index (χ0) is 11.3. The minimum atomic E-state index is -0.247. The standard InChI is InChI=1S/C11H16FN3/c1-3-7-14-11(13)15-10-6-4-5-9(12)8(10)2/h4-6H,3,7H2,1-2H3,(H3,13,14,15). The van der Waals surface area contributed by atoms with Gasteiger partial charge in [-0.15, -0.1) is 0 Å². The van der Waals surface area contributed by atoms with E-state index in [2.05, 4.69) is 10.3 Å². The lowest BCUT2D eigenvalue weighted by atomic mass is 10.2. The van der Waals surface area contributed by atoms with Crippen LogP contribution in [-0.2, 0) is 0 Å². The van der Waals surface area contributed by atoms with Crippen molar-refractivity contribution in [3.05, 3.63) is 29.6 Å². The Labute approximate surface area is 89.2 Å². The second-order valence-corrected chi connectivity index (χ2v) is 3.30. The maximum atomic E-state index is 13.2. The van der Waals surface area contributed by atoms with Crippen molar-refractivity contribution in [1.29, 1.82) is 0 Å². The maximum absolute atomic E-state index is 13.2. The van der Waals surface area contributed by atoms with E-state index in [9.17, 15) is 4.39 Å². The van der Waals surface area contributed by atoms with Gasteiger partial charge in [0.2, 0.25) is 0 Å². The van der Waals surface area contributed by atoms with Crippen LogP contribution in [0, 0.1) is 12.7 Å². The van der Waals surface area contributed by atoms with Gasteiger partial charge < -0.3 is 11.1 Å². The fraction of sp³-hybridized carbons (Fsp3) is 0.364. The van der Waals surface area contributed by atoms with E-state index in [0.717, 1.165) is 6.42 Å². The van der Waals surface area contributed by atoms with Crippen LogP contribution in [0.15, 0.2) is 23.2 Å². The molecule has 15 heavy (non-hydrogen) atoms. The highest BCUT2D eigenvalue weighted by Gasteiger charge is 2.03. The van der Waals surface area contributed by atoms with Crippen molar-refractivity contribution in [3.63, 3.8) is 0 Å². The van der Waals surface area contributed by atoms with Crippen molar-refractivity contribution in [2.45, 2.75) is 20.3 Å². The molecule has 0 bridgehead atoms. The van der Waals surface area contributed by atoms with Crippen molar-refractivity contribution < 1.29 is 4.39 Å². The molecule has 0 atom stereocenters. The summed E-state index contributed by atoms with van der Waals surface area (Å²) in [6, 6.07) is 4.82. The Hall–Kier alpha value is -1.58. The van der Waals surface area contributed by atoms with E-state index in [0.29, 0.717) is 23.8 Å². The van der Waals surface area contributed by atoms with Crippen molar-refractivity contribution in [3.8, 4) is 0 Å². The van der Waals surface area contributed by atoms with Crippen molar-refractivity contribution in [2.75, 3.05) is 11.9 Å². The molecule has 0 heterocycles. The van der Waals surface area contributed by atoms with Crippen LogP contribution in [0.4, 0.5) is 10.1 Å². The van der Waals surface area contributed by atoms with Gasteiger partial charge in [-0.3, -0.25) is 4.99 Å². The van der Waals surface area contributed by atoms with Crippen molar-refractivity contribution in [1.82, 2.24) is 0 Å². The van der Waals surface area contributed by atoms with E-state index in [1.807, 2.05) is 6.92 Å². The number of benzene rings is 1. The summed E-state index contributed by atoms with van der Waals surface area (Å²) in [4.78, 5) is 4.07. The second-order valence-electron chi connectivity index (χ2n) is 3.30. The third kappa shape index (κ3) is 3.23. The summed E-state index contributed by atoms with van der Waals surface area (Å²) < 4.78 is 13.2. The first-order valence-corrected chi connectivity index (χ1v) is 4.97. The van der Waals surface area contributed by atoms with Crippen molar-refractivity contribution >= 4 is 11.6 Å². The molecule has 3 N–H and O–H groups in total. The first-order chi connectivity index (χ1) is 7.15. The Bertz CT molecular complexity index is 361. The summed E-state index contributed by atoms with van der Waals surface area (Å²) in [5.74, 6) is 0.0776. The highest BCUT2D eigenvalue weighted by molar-refractivity contribution is 5.92. The molecule has 0 spiro atoms. The van der Waals surface area contributed by atoms with Gasteiger partial charge in [0.15, 0.2) is 5.96 Å². The molecule has 0 fully saturated rings. The van der Waals surface area contributed by atoms with Crippen LogP contribution in [0.1, 0.15) is 18.9 Å². The molecular formula is C11H16FN3. The molecule has 0 saturated carbocycles. The fourth-order valence-corrected chi connectivity index (χ4v) is 1.15. The predicted octanol–water partition coefficient (Wildman–Crippen LogP) is 2.27. The van der Waals surface area contributed by atoms with Gasteiger partial charge >= 0.3 is 0 Å². The van der Waals surface area contributed by atoms with Crippen molar-refractivity contribution in [2.24, 2.45) is 10.7 Å². The van der Waals surface area contributed by atoms with Crippen LogP contribution in [-0.4, -0.2) is 12.5 Å². The number of nitrogens with one attached hydrogen (secondary N) is 1. The molecule has 1 aromatic carbocycles. The minimum absolute atomic E-state index is 0.247. The smallest absolute Gasteiger partial charge is 0.193 e. The zero-order valence-electron chi connectivity index (χ0n) is 9.05. The Morgan fingerprint density at radius 1 is 1.53 bits per heavy atom. The third-order valence-electron chi connectivity index (χ3n) is 2.04. The van der Waals surface area contributed by atoms with E-state index in [4.69, 9.17) is 5.73 Å². The largest absolute Gasteiger partial charge is 0.370 e. The Balaban J connectivity index is 2.76. The number of guanidine groups is 1. The number of hydrogen-bond donors (Lipinski definition) is 2. The Morgan fingerprint density at radius 2 is 2.27 bits per heavy atom. The summed E-state index contributed by atoms with van der Waals surface area (Å²) in [6.45, 7) is 4.39. The van der Waals surface area contributed by atoms with Gasteiger partial charge in [-0.05, 0) is 25.5 Å². The summed E-state index contributed by atoms with van der Waals surface area (Å²) in [6.07, 6.45) is 0.935. The average Bonchev–Trinajstić information content (AvgIpc) is 2.22. The molecule has 82 valence electrons. The van der Waals surface area contributed by atoms with E-state index < -0.39 is 0 Å². The predicted molar refractivity (Wildman–Crippen MR) is 61.5 cm³/mol. The first-order valence-electron chi connectivity index (χ1n) is 4.97. The van der Waals surface area contributed by atoms with Gasteiger partial charge in [0, 0.05) is 17.8 Å². The summed E-state index contributed by atoms with van der Waals surface area (Å²) in [5, 5.41) is 2.87. The highest BCUT2D eigenvalue weighted by atomic mass is 19.1. The van der Waals surface area contributed by atoms with Crippen LogP contribution in [0.25, 0.3) is 0 Å². The van der Waals surface area contributed by atoms with Crippen LogP contribution < -0.4 is 11.1 Å². The minimum Gasteiger partial charge on any atom is -0.370 e. The topological polar surface area (TPSA) is 50.4 Å². The molecule has 0 aliphatic heterocycles. The summed E-state index contributed by atoms with van der Waals surface area (Å²) in [5.41, 5.74) is 6.84. The maximum Gasteiger partial charge on any atom is 0.193 e. The highest BCUT2D eigenvalue weighted by Crippen LogP contribution is 2.16. The lowest BCUT2D eigenvalue weighted by Gasteiger charge is -2.08. The molecule has 0 unspecified atom stereocenters. The van der Waals surface area contributed by atoms with E-state index >= 15 is 0 Å². The van der Waals surface area contributed by atoms with Crippen LogP contribution in [0.2, 0.25) is 0 Å². The van der Waals surface area contributed by atoms with Crippen LogP contribution >= 0.6 is 0 Å². The molecule has 4 heteroatoms. The van der Waals surface area contributed by atoms with Gasteiger partial charge in [-0.2, -0.15) is 0 Å². The molecule has 3 nitrogen and oxygen atoms in total. The number of rotatable bonds is 3. The average molecular weight is 209 g/mol. The van der Waals surface area contributed by atoms with E-state index in [1.165, 1.54) is 6.07 Å². The van der Waals surface area contributed by atoms with Gasteiger partial charge in [-0.1, -0.05) is 13.0 Å². The molecule has 0 aromatic heterocycles. The molecule has 1 rings (SSSR count). The van der Waals surface area contributed by atoms with Gasteiger partial charge in [0.1, 0.15) is 5.82 Å². The summed E-state index contributed by atoms with van der Waals surface area (Å²) in [7, 11) is 0. The Kier molecular flexibility index (Phi) is 4.09. The molecule has 1 aromatic rings.